The minimum atomic E-state index is 0.545. The van der Waals surface area contributed by atoms with E-state index in [1.807, 2.05) is 0 Å². The number of nitrogens with one attached hydrogen (secondary N) is 1. The molecule has 126 valence electrons. The van der Waals surface area contributed by atoms with E-state index in [-0.39, 0.29) is 0 Å². The number of benzene rings is 1. The second-order valence-corrected chi connectivity index (χ2v) is 7.63. The number of rotatable bonds is 3. The van der Waals surface area contributed by atoms with E-state index in [1.165, 1.54) is 37.7 Å². The first-order chi connectivity index (χ1) is 11.1. The Morgan fingerprint density at radius 1 is 1.13 bits per heavy atom. The van der Waals surface area contributed by atoms with Crippen molar-refractivity contribution in [3.8, 4) is 0 Å². The third-order valence-corrected chi connectivity index (χ3v) is 6.10. The van der Waals surface area contributed by atoms with Crippen molar-refractivity contribution in [2.75, 3.05) is 26.2 Å². The molecule has 0 bridgehead atoms. The van der Waals surface area contributed by atoms with E-state index >= 15 is 0 Å². The lowest BCUT2D eigenvalue weighted by molar-refractivity contribution is -0.933. The fraction of sp³-hybridized carbons (Fsp3) is 0.632. The molecule has 0 amide bonds. The fourth-order valence-electron chi connectivity index (χ4n) is 4.18. The molecule has 2 aliphatic rings. The zero-order chi connectivity index (χ0) is 16.2. The van der Waals surface area contributed by atoms with E-state index in [1.54, 1.807) is 10.5 Å². The molecule has 0 aromatic heterocycles. The van der Waals surface area contributed by atoms with E-state index in [0.717, 1.165) is 32.1 Å². The number of quaternary nitrogens is 1. The van der Waals surface area contributed by atoms with E-state index in [2.05, 4.69) is 36.1 Å². The highest BCUT2D eigenvalue weighted by Crippen LogP contribution is 2.32. The van der Waals surface area contributed by atoms with E-state index in [4.69, 9.17) is 18.0 Å². The van der Waals surface area contributed by atoms with Crippen LogP contribution in [0.5, 0.6) is 0 Å². The molecule has 0 radical (unpaired) electrons. The van der Waals surface area contributed by atoms with Gasteiger partial charge in [0.1, 0.15) is 6.04 Å². The number of piperazine rings is 1. The Labute approximate surface area is 145 Å². The largest absolute Gasteiger partial charge is 0.376 e. The lowest BCUT2D eigenvalue weighted by Gasteiger charge is -2.35. The van der Waals surface area contributed by atoms with E-state index in [9.17, 15) is 0 Å². The highest BCUT2D eigenvalue weighted by Gasteiger charge is 2.26. The summed E-state index contributed by atoms with van der Waals surface area (Å²) in [5.74, 6) is 0.801. The van der Waals surface area contributed by atoms with Crippen LogP contribution in [0.15, 0.2) is 24.3 Å². The van der Waals surface area contributed by atoms with Crippen LogP contribution in [0, 0.1) is 0 Å². The summed E-state index contributed by atoms with van der Waals surface area (Å²) in [5, 5.41) is 0.550. The van der Waals surface area contributed by atoms with Gasteiger partial charge in [0, 0.05) is 5.56 Å². The number of hydrogen-bond acceptors (Lipinski definition) is 1. The minimum Gasteiger partial charge on any atom is -0.376 e. The summed E-state index contributed by atoms with van der Waals surface area (Å²) in [5.41, 5.74) is 8.75. The van der Waals surface area contributed by atoms with E-state index < -0.39 is 0 Å². The van der Waals surface area contributed by atoms with Crippen LogP contribution >= 0.6 is 12.2 Å². The van der Waals surface area contributed by atoms with Gasteiger partial charge in [-0.2, -0.15) is 0 Å². The molecule has 0 spiro atoms. The van der Waals surface area contributed by atoms with Gasteiger partial charge in [0.2, 0.25) is 0 Å². The lowest BCUT2D eigenvalue weighted by atomic mass is 9.83. The summed E-state index contributed by atoms with van der Waals surface area (Å²) < 4.78 is 0. The molecule has 1 aromatic rings. The zero-order valence-electron chi connectivity index (χ0n) is 14.3. The highest BCUT2D eigenvalue weighted by molar-refractivity contribution is 7.80. The molecule has 3 rings (SSSR count). The Kier molecular flexibility index (Phi) is 5.54. The third-order valence-electron chi connectivity index (χ3n) is 5.84. The van der Waals surface area contributed by atoms with Crippen molar-refractivity contribution in [3.63, 3.8) is 0 Å². The molecule has 4 heteroatoms. The van der Waals surface area contributed by atoms with Gasteiger partial charge >= 0.3 is 0 Å². The van der Waals surface area contributed by atoms with Crippen LogP contribution in [0.25, 0.3) is 0 Å². The van der Waals surface area contributed by atoms with Crippen LogP contribution in [-0.4, -0.2) is 36.2 Å². The predicted molar refractivity (Wildman–Crippen MR) is 99.7 cm³/mol. The predicted octanol–water partition coefficient (Wildman–Crippen LogP) is 2.24. The fourth-order valence-corrected chi connectivity index (χ4v) is 4.36. The Hall–Kier alpha value is -1.13. The van der Waals surface area contributed by atoms with Gasteiger partial charge in [-0.3, -0.25) is 0 Å². The van der Waals surface area contributed by atoms with Crippen molar-refractivity contribution in [1.82, 2.24) is 4.90 Å². The van der Waals surface area contributed by atoms with Gasteiger partial charge in [-0.25, -0.2) is 0 Å². The Bertz CT molecular complexity index is 514. The average molecular weight is 333 g/mol. The molecular weight excluding hydrogens is 302 g/mol. The summed E-state index contributed by atoms with van der Waals surface area (Å²) in [6.07, 6.45) is 6.98. The zero-order valence-corrected chi connectivity index (χ0v) is 15.1. The summed E-state index contributed by atoms with van der Waals surface area (Å²) >= 11 is 5.08. The molecule has 1 aliphatic heterocycles. The normalized spacial score (nSPS) is 22.0. The molecule has 0 unspecified atom stereocenters. The summed E-state index contributed by atoms with van der Waals surface area (Å²) in [6.45, 7) is 6.54. The maximum atomic E-state index is 5.74. The first-order valence-electron chi connectivity index (χ1n) is 9.14. The molecular formula is C19H30N3S+. The lowest BCUT2D eigenvalue weighted by Crippen LogP contribution is -3.14. The second kappa shape index (κ2) is 7.63. The molecule has 1 heterocycles. The molecule has 3 N–H and O–H groups in total. The summed E-state index contributed by atoms with van der Waals surface area (Å²) in [4.78, 5) is 3.76. The number of nitrogens with zero attached hydrogens (tertiary/aromatic N) is 1. The molecule has 1 atom stereocenters. The number of nitrogens with two attached hydrogens (primary N) is 1. The summed E-state index contributed by atoms with van der Waals surface area (Å²) in [6, 6.07) is 10.0. The maximum Gasteiger partial charge on any atom is 0.166 e. The molecule has 1 aliphatic carbocycles. The van der Waals surface area contributed by atoms with Gasteiger partial charge in [0.05, 0.1) is 26.2 Å². The molecule has 1 aromatic carbocycles. The smallest absolute Gasteiger partial charge is 0.166 e. The molecule has 1 saturated heterocycles. The Balaban J connectivity index is 1.59. The maximum absolute atomic E-state index is 5.74. The molecule has 1 saturated carbocycles. The molecule has 3 nitrogen and oxygen atoms in total. The molecule has 23 heavy (non-hydrogen) atoms. The van der Waals surface area contributed by atoms with Crippen LogP contribution in [0.2, 0.25) is 0 Å². The van der Waals surface area contributed by atoms with Gasteiger partial charge in [0.15, 0.2) is 5.11 Å². The second-order valence-electron chi connectivity index (χ2n) is 7.21. The van der Waals surface area contributed by atoms with Crippen molar-refractivity contribution in [1.29, 1.82) is 0 Å². The van der Waals surface area contributed by atoms with E-state index in [0.29, 0.717) is 11.2 Å². The van der Waals surface area contributed by atoms with Crippen LogP contribution in [-0.2, 0) is 0 Å². The minimum absolute atomic E-state index is 0.545. The van der Waals surface area contributed by atoms with Crippen LogP contribution < -0.4 is 10.6 Å². The van der Waals surface area contributed by atoms with Crippen molar-refractivity contribution in [3.05, 3.63) is 35.4 Å². The highest BCUT2D eigenvalue weighted by atomic mass is 32.1. The monoisotopic (exact) mass is 332 g/mol. The van der Waals surface area contributed by atoms with Gasteiger partial charge in [-0.05, 0) is 43.5 Å². The van der Waals surface area contributed by atoms with Crippen molar-refractivity contribution < 1.29 is 4.90 Å². The van der Waals surface area contributed by atoms with Crippen LogP contribution in [0.3, 0.4) is 0 Å². The van der Waals surface area contributed by atoms with Crippen LogP contribution in [0.1, 0.15) is 62.1 Å². The summed E-state index contributed by atoms with van der Waals surface area (Å²) in [7, 11) is 0. The molecule has 2 fully saturated rings. The van der Waals surface area contributed by atoms with Gasteiger partial charge in [0.25, 0.3) is 0 Å². The van der Waals surface area contributed by atoms with Crippen molar-refractivity contribution in [2.24, 2.45) is 5.73 Å². The first-order valence-corrected chi connectivity index (χ1v) is 9.55. The van der Waals surface area contributed by atoms with Crippen molar-refractivity contribution >= 4 is 17.3 Å². The standard InChI is InChI=1S/C19H29N3S/c1-15(21-11-13-22(14-12-21)19(20)23)16-7-9-18(10-8-16)17-5-3-2-4-6-17/h7-10,15,17H,2-6,11-14H2,1H3,(H2,20,23)/p+1/t15-/m1/s1. The first kappa shape index (κ1) is 16.7. The topological polar surface area (TPSA) is 33.7 Å². The van der Waals surface area contributed by atoms with Gasteiger partial charge < -0.3 is 15.5 Å². The van der Waals surface area contributed by atoms with Gasteiger partial charge in [-0.15, -0.1) is 0 Å². The Morgan fingerprint density at radius 3 is 2.30 bits per heavy atom. The Morgan fingerprint density at radius 2 is 1.74 bits per heavy atom. The third kappa shape index (κ3) is 4.04. The van der Waals surface area contributed by atoms with Crippen LogP contribution in [0.4, 0.5) is 0 Å². The SMILES string of the molecule is C[C@H](c1ccc(C2CCCCC2)cc1)[NH+]1CCN(C(N)=S)CC1. The number of thiocarbonyl (C=S) groups is 1. The van der Waals surface area contributed by atoms with Gasteiger partial charge in [-0.1, -0.05) is 43.5 Å². The van der Waals surface area contributed by atoms with Crippen molar-refractivity contribution in [2.45, 2.75) is 51.0 Å². The number of hydrogen-bond donors (Lipinski definition) is 2. The quantitative estimate of drug-likeness (QED) is 0.833. The average Bonchev–Trinajstić information content (AvgIpc) is 2.62.